The number of carbonyl (C=O) groups excluding carboxylic acids is 1. The molecule has 1 rings (SSSR count). The maximum absolute atomic E-state index is 11.3. The quantitative estimate of drug-likeness (QED) is 0.362. The van der Waals surface area contributed by atoms with Crippen molar-refractivity contribution in [2.75, 3.05) is 7.11 Å². The smallest absolute Gasteiger partial charge is 0.336 e. The molecule has 22 heavy (non-hydrogen) atoms. The first kappa shape index (κ1) is 22.7. The number of aromatic nitrogens is 2. The molecule has 1 aromatic rings. The van der Waals surface area contributed by atoms with E-state index in [1.165, 1.54) is 32.6 Å². The van der Waals surface area contributed by atoms with E-state index in [9.17, 15) is 14.4 Å². The van der Waals surface area contributed by atoms with Crippen molar-refractivity contribution in [1.82, 2.24) is 9.13 Å². The van der Waals surface area contributed by atoms with Gasteiger partial charge in [-0.25, -0.2) is 9.59 Å². The zero-order chi connectivity index (χ0) is 16.9. The summed E-state index contributed by atoms with van der Waals surface area (Å²) in [7, 11) is 4.41. The molecule has 0 saturated carbocycles. The number of hydrogen-bond acceptors (Lipinski definition) is 5. The van der Waals surface area contributed by atoms with E-state index < -0.39 is 5.97 Å². The summed E-state index contributed by atoms with van der Waals surface area (Å²) in [5.74, 6) is -0.489. The third kappa shape index (κ3) is 5.29. The number of rotatable bonds is 1. The summed E-state index contributed by atoms with van der Waals surface area (Å²) in [6.07, 6.45) is 0. The number of hydrogen-bond donors (Lipinski definition) is 1. The predicted molar refractivity (Wildman–Crippen MR) is 79.4 cm³/mol. The van der Waals surface area contributed by atoms with Crippen LogP contribution in [0.25, 0.3) is 0 Å². The van der Waals surface area contributed by atoms with Crippen molar-refractivity contribution in [1.29, 1.82) is 0 Å². The van der Waals surface area contributed by atoms with Gasteiger partial charge >= 0.3 is 11.7 Å². The molecule has 0 spiro atoms. The van der Waals surface area contributed by atoms with Crippen LogP contribution in [-0.2, 0) is 44.7 Å². The maximum Gasteiger partial charge on any atom is 0.336 e. The third-order valence-corrected chi connectivity index (χ3v) is 3.28. The zero-order valence-corrected chi connectivity index (χ0v) is 16.8. The van der Waals surface area contributed by atoms with Gasteiger partial charge in [-0.3, -0.25) is 9.36 Å². The van der Waals surface area contributed by atoms with E-state index in [0.29, 0.717) is 5.56 Å². The summed E-state index contributed by atoms with van der Waals surface area (Å²) in [4.78, 5) is 33.1. The molecule has 0 fully saturated rings. The summed E-state index contributed by atoms with van der Waals surface area (Å²) in [6, 6.07) is 0. The molecule has 0 saturated heterocycles. The SMILES string of the molecule is COC(=O)/C(C)=C(/C)O.Cc1c(C)n(C)c(=O)n(C)c1=O.[W]. The Morgan fingerprint density at radius 2 is 1.55 bits per heavy atom. The molecule has 1 heterocycles. The van der Waals surface area contributed by atoms with Gasteiger partial charge in [-0.2, -0.15) is 0 Å². The number of aliphatic hydroxyl groups is 1. The Balaban J connectivity index is 0. The molecule has 1 aromatic heterocycles. The Hall–Kier alpha value is -1.62. The molecule has 0 unspecified atom stereocenters. The van der Waals surface area contributed by atoms with E-state index in [-0.39, 0.29) is 43.6 Å². The van der Waals surface area contributed by atoms with Crippen LogP contribution in [0, 0.1) is 13.8 Å². The van der Waals surface area contributed by atoms with Crippen molar-refractivity contribution in [3.63, 3.8) is 0 Å². The minimum absolute atomic E-state index is 0. The van der Waals surface area contributed by atoms with Crippen molar-refractivity contribution in [3.05, 3.63) is 43.4 Å². The molecule has 0 aliphatic carbocycles. The molecule has 124 valence electrons. The van der Waals surface area contributed by atoms with E-state index in [2.05, 4.69) is 4.74 Å². The number of esters is 1. The molecule has 8 heteroatoms. The Labute approximate surface area is 143 Å². The fourth-order valence-corrected chi connectivity index (χ4v) is 1.41. The second kappa shape index (κ2) is 9.41. The first-order valence-corrected chi connectivity index (χ1v) is 6.24. The molecule has 0 atom stereocenters. The standard InChI is InChI=1S/C8H12N2O2.C6H10O3.W/c1-5-6(2)9(3)8(12)10(4)7(5)11;1-4(5(2)7)6(8)9-3;/h1-4H3;7H,1-3H3;/b;5-4-;. The van der Waals surface area contributed by atoms with E-state index >= 15 is 0 Å². The van der Waals surface area contributed by atoms with Crippen molar-refractivity contribution in [3.8, 4) is 0 Å². The molecular formula is C14H22N2O5W. The van der Waals surface area contributed by atoms with Gasteiger partial charge < -0.3 is 14.4 Å². The normalized spacial score (nSPS) is 10.7. The van der Waals surface area contributed by atoms with Gasteiger partial charge in [0.1, 0.15) is 0 Å². The van der Waals surface area contributed by atoms with Crippen molar-refractivity contribution >= 4 is 5.97 Å². The van der Waals surface area contributed by atoms with Gasteiger partial charge in [0.05, 0.1) is 18.4 Å². The van der Waals surface area contributed by atoms with Gasteiger partial charge in [0, 0.05) is 46.4 Å². The van der Waals surface area contributed by atoms with E-state index in [4.69, 9.17) is 5.11 Å². The molecule has 7 nitrogen and oxygen atoms in total. The molecule has 0 bridgehead atoms. The number of aliphatic hydroxyl groups excluding tert-OH is 1. The number of allylic oxidation sites excluding steroid dienone is 1. The van der Waals surface area contributed by atoms with E-state index in [1.54, 1.807) is 20.9 Å². The van der Waals surface area contributed by atoms with Crippen LogP contribution in [0.4, 0.5) is 0 Å². The van der Waals surface area contributed by atoms with Crippen LogP contribution in [0.1, 0.15) is 25.1 Å². The predicted octanol–water partition coefficient (Wildman–Crippen LogP) is 0.710. The monoisotopic (exact) mass is 482 g/mol. The van der Waals surface area contributed by atoms with E-state index in [0.717, 1.165) is 10.3 Å². The topological polar surface area (TPSA) is 90.5 Å². The zero-order valence-electron chi connectivity index (χ0n) is 13.9. The van der Waals surface area contributed by atoms with Crippen LogP contribution in [0.2, 0.25) is 0 Å². The first-order valence-electron chi connectivity index (χ1n) is 6.24. The Kier molecular flexibility index (Phi) is 9.69. The summed E-state index contributed by atoms with van der Waals surface area (Å²) >= 11 is 0. The van der Waals surface area contributed by atoms with Crippen molar-refractivity contribution < 1.29 is 35.7 Å². The van der Waals surface area contributed by atoms with Crippen LogP contribution < -0.4 is 11.2 Å². The average Bonchev–Trinajstić information content (AvgIpc) is 2.47. The fourth-order valence-electron chi connectivity index (χ4n) is 1.41. The summed E-state index contributed by atoms with van der Waals surface area (Å²) < 4.78 is 6.90. The molecule has 0 aliphatic heterocycles. The van der Waals surface area contributed by atoms with Gasteiger partial charge in [0.2, 0.25) is 0 Å². The molecular weight excluding hydrogens is 460 g/mol. The molecule has 0 radical (unpaired) electrons. The number of ether oxygens (including phenoxy) is 1. The van der Waals surface area contributed by atoms with Gasteiger partial charge in [-0.15, -0.1) is 0 Å². The fraction of sp³-hybridized carbons (Fsp3) is 0.500. The second-order valence-electron chi connectivity index (χ2n) is 4.62. The Bertz CT molecular complexity index is 644. The van der Waals surface area contributed by atoms with Crippen molar-refractivity contribution in [2.45, 2.75) is 27.7 Å². The van der Waals surface area contributed by atoms with Gasteiger partial charge in [0.25, 0.3) is 5.56 Å². The van der Waals surface area contributed by atoms with Gasteiger partial charge in [0.15, 0.2) is 0 Å². The van der Waals surface area contributed by atoms with Crippen LogP contribution in [-0.4, -0.2) is 27.3 Å². The van der Waals surface area contributed by atoms with Crippen LogP contribution in [0.15, 0.2) is 20.9 Å². The summed E-state index contributed by atoms with van der Waals surface area (Å²) in [5.41, 5.74) is 1.11. The summed E-state index contributed by atoms with van der Waals surface area (Å²) in [6.45, 7) is 6.42. The number of methoxy groups -OCH3 is 1. The number of carbonyl (C=O) groups is 1. The molecule has 0 aromatic carbocycles. The molecule has 1 N–H and O–H groups in total. The summed E-state index contributed by atoms with van der Waals surface area (Å²) in [5, 5.41) is 8.70. The largest absolute Gasteiger partial charge is 0.512 e. The van der Waals surface area contributed by atoms with E-state index in [1.807, 2.05) is 0 Å². The molecule has 0 amide bonds. The van der Waals surface area contributed by atoms with Crippen LogP contribution in [0.3, 0.4) is 0 Å². The minimum Gasteiger partial charge on any atom is -0.512 e. The number of nitrogens with zero attached hydrogens (tertiary/aromatic N) is 2. The van der Waals surface area contributed by atoms with Gasteiger partial charge in [-0.05, 0) is 27.7 Å². The van der Waals surface area contributed by atoms with Crippen LogP contribution >= 0.6 is 0 Å². The van der Waals surface area contributed by atoms with Crippen molar-refractivity contribution in [2.24, 2.45) is 14.1 Å². The maximum atomic E-state index is 11.3. The van der Waals surface area contributed by atoms with Gasteiger partial charge in [-0.1, -0.05) is 0 Å². The Morgan fingerprint density at radius 1 is 1.09 bits per heavy atom. The average molecular weight is 482 g/mol. The molecule has 0 aliphatic rings. The second-order valence-corrected chi connectivity index (χ2v) is 4.62. The van der Waals surface area contributed by atoms with Crippen LogP contribution in [0.5, 0.6) is 0 Å². The third-order valence-electron chi connectivity index (χ3n) is 3.28. The first-order chi connectivity index (χ1) is 9.56. The minimum atomic E-state index is -0.491. The Morgan fingerprint density at radius 3 is 1.86 bits per heavy atom.